The number of rotatable bonds is 0. The third-order valence-corrected chi connectivity index (χ3v) is 6.04. The summed E-state index contributed by atoms with van der Waals surface area (Å²) in [6.45, 7) is 1.81. The number of carbonyl (C=O) groups excluding carboxylic acids is 2. The summed E-state index contributed by atoms with van der Waals surface area (Å²) in [6, 6.07) is 0. The maximum Gasteiger partial charge on any atom is 0.234 e. The van der Waals surface area contributed by atoms with Crippen molar-refractivity contribution in [1.82, 2.24) is 4.90 Å². The lowest BCUT2D eigenvalue weighted by molar-refractivity contribution is -0.138. The van der Waals surface area contributed by atoms with Gasteiger partial charge in [-0.15, -0.1) is 0 Å². The molecule has 0 aromatic carbocycles. The van der Waals surface area contributed by atoms with Crippen molar-refractivity contribution >= 4 is 22.6 Å². The van der Waals surface area contributed by atoms with Crippen molar-refractivity contribution in [3.63, 3.8) is 0 Å². The number of hydrogen-bond donors (Lipinski definition) is 0. The fourth-order valence-corrected chi connectivity index (χ4v) is 5.03. The zero-order chi connectivity index (χ0) is 11.0. The van der Waals surface area contributed by atoms with Crippen LogP contribution >= 0.6 is 0 Å². The van der Waals surface area contributed by atoms with E-state index >= 15 is 0 Å². The predicted octanol–water partition coefficient (Wildman–Crippen LogP) is -0.323. The first-order chi connectivity index (χ1) is 6.98. The highest BCUT2D eigenvalue weighted by Crippen LogP contribution is 2.53. The molecule has 3 aliphatic heterocycles. The average Bonchev–Trinajstić information content (AvgIpc) is 2.70. The lowest BCUT2D eigenvalue weighted by Gasteiger charge is -2.23. The fourth-order valence-electron chi connectivity index (χ4n) is 2.97. The summed E-state index contributed by atoms with van der Waals surface area (Å²) in [6.07, 6.45) is 3.68. The molecule has 3 rings (SSSR count). The lowest BCUT2D eigenvalue weighted by Crippen LogP contribution is -2.38. The fraction of sp³-hybridized carbons (Fsp3) is 0.600. The molecule has 0 aliphatic carbocycles. The molecule has 0 saturated carbocycles. The van der Waals surface area contributed by atoms with E-state index in [4.69, 9.17) is 0 Å². The molecule has 5 atom stereocenters. The maximum atomic E-state index is 12.0. The van der Waals surface area contributed by atoms with E-state index in [9.17, 15) is 13.8 Å². The molecule has 0 radical (unpaired) electrons. The van der Waals surface area contributed by atoms with Crippen molar-refractivity contribution in [3.8, 4) is 0 Å². The molecular weight excluding hydrogens is 214 g/mol. The monoisotopic (exact) mass is 225 g/mol. The predicted molar refractivity (Wildman–Crippen MR) is 54.2 cm³/mol. The molecule has 2 bridgehead atoms. The average molecular weight is 225 g/mol. The van der Waals surface area contributed by atoms with Crippen molar-refractivity contribution in [2.75, 3.05) is 7.05 Å². The SMILES string of the molecule is CN1C(=O)[C@H]2C3C=C[C@@](C)([C@H]2C1=O)S3=O. The Morgan fingerprint density at radius 1 is 1.40 bits per heavy atom. The van der Waals surface area contributed by atoms with Crippen LogP contribution in [0.4, 0.5) is 0 Å². The number of nitrogens with zero attached hydrogens (tertiary/aromatic N) is 1. The molecule has 2 saturated heterocycles. The Balaban J connectivity index is 2.19. The maximum absolute atomic E-state index is 12.0. The summed E-state index contributed by atoms with van der Waals surface area (Å²) in [7, 11) is 0.397. The summed E-state index contributed by atoms with van der Waals surface area (Å²) >= 11 is 0. The van der Waals surface area contributed by atoms with Crippen LogP contribution in [0.3, 0.4) is 0 Å². The van der Waals surface area contributed by atoms with Gasteiger partial charge < -0.3 is 0 Å². The number of carbonyl (C=O) groups is 2. The summed E-state index contributed by atoms with van der Waals surface area (Å²) in [5.74, 6) is -1.12. The van der Waals surface area contributed by atoms with Gasteiger partial charge in [-0.3, -0.25) is 18.7 Å². The number of imide groups is 1. The molecule has 4 nitrogen and oxygen atoms in total. The van der Waals surface area contributed by atoms with Crippen molar-refractivity contribution < 1.29 is 13.8 Å². The normalized spacial score (nSPS) is 51.7. The Bertz CT molecular complexity index is 444. The molecular formula is C10H11NO3S. The van der Waals surface area contributed by atoms with Crippen LogP contribution in [0.1, 0.15) is 6.92 Å². The van der Waals surface area contributed by atoms with Crippen molar-refractivity contribution in [1.29, 1.82) is 0 Å². The summed E-state index contributed by atoms with van der Waals surface area (Å²) in [5, 5.41) is -0.249. The van der Waals surface area contributed by atoms with Crippen molar-refractivity contribution in [2.24, 2.45) is 11.8 Å². The van der Waals surface area contributed by atoms with Gasteiger partial charge in [-0.25, -0.2) is 0 Å². The van der Waals surface area contributed by atoms with Gasteiger partial charge in [-0.2, -0.15) is 0 Å². The minimum Gasteiger partial charge on any atom is -0.285 e. The Labute approximate surface area is 89.8 Å². The van der Waals surface area contributed by atoms with Crippen LogP contribution in [0, 0.1) is 11.8 Å². The minimum absolute atomic E-state index is 0.170. The lowest BCUT2D eigenvalue weighted by atomic mass is 9.78. The standard InChI is InChI=1S/C10H11NO3S/c1-10-4-3-5(15(10)14)6-7(10)9(13)11(2)8(6)12/h3-7H,1-2H3/t5?,6-,7+,10-,15?/m0/s1. The smallest absolute Gasteiger partial charge is 0.234 e. The third kappa shape index (κ3) is 0.782. The van der Waals surface area contributed by atoms with Gasteiger partial charge in [-0.05, 0) is 6.92 Å². The molecule has 2 amide bonds. The highest BCUT2D eigenvalue weighted by atomic mass is 32.2. The van der Waals surface area contributed by atoms with E-state index in [1.807, 2.05) is 19.1 Å². The van der Waals surface area contributed by atoms with Gasteiger partial charge in [0.25, 0.3) is 0 Å². The van der Waals surface area contributed by atoms with Crippen LogP contribution < -0.4 is 0 Å². The molecule has 80 valence electrons. The van der Waals surface area contributed by atoms with E-state index in [0.717, 1.165) is 0 Å². The molecule has 0 N–H and O–H groups in total. The van der Waals surface area contributed by atoms with Crippen LogP contribution in [0.2, 0.25) is 0 Å². The molecule has 3 heterocycles. The van der Waals surface area contributed by atoms with Crippen molar-refractivity contribution in [3.05, 3.63) is 12.2 Å². The second-order valence-corrected chi connectivity index (χ2v) is 6.56. The summed E-state index contributed by atoms with van der Waals surface area (Å²) in [5.41, 5.74) is 0. The Kier molecular flexibility index (Phi) is 1.48. The van der Waals surface area contributed by atoms with Gasteiger partial charge in [0, 0.05) is 17.8 Å². The van der Waals surface area contributed by atoms with Gasteiger partial charge in [0.15, 0.2) is 0 Å². The van der Waals surface area contributed by atoms with Crippen LogP contribution in [0.5, 0.6) is 0 Å². The first-order valence-electron chi connectivity index (χ1n) is 4.90. The van der Waals surface area contributed by atoms with Crippen LogP contribution in [-0.4, -0.2) is 38.0 Å². The first kappa shape index (κ1) is 9.27. The summed E-state index contributed by atoms with van der Waals surface area (Å²) in [4.78, 5) is 24.9. The van der Waals surface area contributed by atoms with E-state index in [0.29, 0.717) is 0 Å². The minimum atomic E-state index is -1.11. The molecule has 2 fully saturated rings. The Morgan fingerprint density at radius 3 is 2.67 bits per heavy atom. The molecule has 5 heteroatoms. The quantitative estimate of drug-likeness (QED) is 0.419. The van der Waals surface area contributed by atoms with Crippen LogP contribution in [0.15, 0.2) is 12.2 Å². The molecule has 2 unspecified atom stereocenters. The second kappa shape index (κ2) is 2.40. The van der Waals surface area contributed by atoms with Crippen LogP contribution in [0.25, 0.3) is 0 Å². The first-order valence-corrected chi connectivity index (χ1v) is 6.11. The molecule has 15 heavy (non-hydrogen) atoms. The zero-order valence-corrected chi connectivity index (χ0v) is 9.28. The highest BCUT2D eigenvalue weighted by molar-refractivity contribution is 7.88. The van der Waals surface area contributed by atoms with Gasteiger partial charge in [-0.1, -0.05) is 12.2 Å². The molecule has 0 aromatic heterocycles. The second-order valence-electron chi connectivity index (χ2n) is 4.54. The van der Waals surface area contributed by atoms with E-state index in [2.05, 4.69) is 0 Å². The van der Waals surface area contributed by atoms with E-state index < -0.39 is 21.5 Å². The van der Waals surface area contributed by atoms with E-state index in [1.54, 1.807) is 0 Å². The topological polar surface area (TPSA) is 54.5 Å². The molecule has 3 aliphatic rings. The number of hydrogen-bond acceptors (Lipinski definition) is 3. The number of likely N-dealkylation sites (tertiary alicyclic amines) is 1. The Morgan fingerprint density at radius 2 is 2.07 bits per heavy atom. The van der Waals surface area contributed by atoms with E-state index in [1.165, 1.54) is 11.9 Å². The molecule has 0 aromatic rings. The Hall–Kier alpha value is -0.970. The molecule has 0 spiro atoms. The van der Waals surface area contributed by atoms with Gasteiger partial charge >= 0.3 is 0 Å². The largest absolute Gasteiger partial charge is 0.285 e. The van der Waals surface area contributed by atoms with E-state index in [-0.39, 0.29) is 23.0 Å². The number of amides is 2. The van der Waals surface area contributed by atoms with Gasteiger partial charge in [0.05, 0.1) is 21.8 Å². The highest BCUT2D eigenvalue weighted by Gasteiger charge is 2.67. The van der Waals surface area contributed by atoms with Gasteiger partial charge in [0.2, 0.25) is 11.8 Å². The summed E-state index contributed by atoms with van der Waals surface area (Å²) < 4.78 is 11.4. The van der Waals surface area contributed by atoms with Crippen LogP contribution in [-0.2, 0) is 20.4 Å². The number of fused-ring (bicyclic) bond motifs is 5. The zero-order valence-electron chi connectivity index (χ0n) is 8.47. The van der Waals surface area contributed by atoms with Crippen molar-refractivity contribution in [2.45, 2.75) is 16.9 Å². The third-order valence-electron chi connectivity index (χ3n) is 3.84. The van der Waals surface area contributed by atoms with Gasteiger partial charge in [0.1, 0.15) is 0 Å².